The molecule has 0 amide bonds. The van der Waals surface area contributed by atoms with E-state index in [1.165, 1.54) is 0 Å². The number of hydrogen-bond acceptors (Lipinski definition) is 3. The molecule has 2 rings (SSSR count). The molecule has 0 aliphatic rings. The number of anilines is 1. The predicted octanol–water partition coefficient (Wildman–Crippen LogP) is 3.84. The molecule has 0 aliphatic heterocycles. The number of hydrogen-bond donors (Lipinski definition) is 2. The second-order valence-corrected chi connectivity index (χ2v) is 7.17. The Morgan fingerprint density at radius 3 is 2.38 bits per heavy atom. The quantitative estimate of drug-likeness (QED) is 0.828. The summed E-state index contributed by atoms with van der Waals surface area (Å²) >= 11 is 0. The minimum atomic E-state index is -4.00. The number of halogens is 1. The standard InChI is InChI=1S/C17H18FNO4S/c1-3-11(2)12-4-6-13(7-5-12)19-24(22,23)14-8-9-16(18)15(10-14)17(20)21/h4-11,19H,3H2,1-2H3,(H,20,21)/t11-/m1/s1. The van der Waals surface area contributed by atoms with Gasteiger partial charge in [-0.3, -0.25) is 4.72 Å². The van der Waals surface area contributed by atoms with Gasteiger partial charge in [0.2, 0.25) is 0 Å². The molecule has 2 aromatic carbocycles. The van der Waals surface area contributed by atoms with Crippen molar-refractivity contribution in [2.24, 2.45) is 0 Å². The van der Waals surface area contributed by atoms with Gasteiger partial charge in [0.15, 0.2) is 0 Å². The second-order valence-electron chi connectivity index (χ2n) is 5.48. The molecule has 0 fully saturated rings. The first-order valence-electron chi connectivity index (χ1n) is 7.40. The third-order valence-corrected chi connectivity index (χ3v) is 5.20. The molecule has 0 aliphatic carbocycles. The maximum atomic E-state index is 13.4. The Morgan fingerprint density at radius 1 is 1.21 bits per heavy atom. The van der Waals surface area contributed by atoms with Gasteiger partial charge in [-0.2, -0.15) is 0 Å². The van der Waals surface area contributed by atoms with Gasteiger partial charge >= 0.3 is 5.97 Å². The average molecular weight is 351 g/mol. The van der Waals surface area contributed by atoms with Crippen molar-refractivity contribution in [1.82, 2.24) is 0 Å². The SMILES string of the molecule is CC[C@@H](C)c1ccc(NS(=O)(=O)c2ccc(F)c(C(=O)O)c2)cc1. The fourth-order valence-corrected chi connectivity index (χ4v) is 3.25. The topological polar surface area (TPSA) is 83.5 Å². The Labute approximate surface area is 140 Å². The van der Waals surface area contributed by atoms with Gasteiger partial charge in [-0.05, 0) is 48.2 Å². The van der Waals surface area contributed by atoms with Crippen LogP contribution in [0.3, 0.4) is 0 Å². The number of sulfonamides is 1. The fourth-order valence-electron chi connectivity index (χ4n) is 2.16. The zero-order chi connectivity index (χ0) is 17.9. The molecule has 128 valence electrons. The summed E-state index contributed by atoms with van der Waals surface area (Å²) in [5.74, 6) is -2.15. The van der Waals surface area contributed by atoms with E-state index in [0.29, 0.717) is 11.6 Å². The van der Waals surface area contributed by atoms with Crippen LogP contribution in [0.15, 0.2) is 47.4 Å². The lowest BCUT2D eigenvalue weighted by molar-refractivity contribution is 0.0691. The highest BCUT2D eigenvalue weighted by atomic mass is 32.2. The van der Waals surface area contributed by atoms with Gasteiger partial charge in [-0.1, -0.05) is 26.0 Å². The normalized spacial score (nSPS) is 12.6. The summed E-state index contributed by atoms with van der Waals surface area (Å²) in [5, 5.41) is 8.90. The van der Waals surface area contributed by atoms with E-state index in [-0.39, 0.29) is 4.90 Å². The number of carboxylic acid groups (broad SMARTS) is 1. The van der Waals surface area contributed by atoms with E-state index >= 15 is 0 Å². The Kier molecular flexibility index (Phi) is 5.23. The number of benzene rings is 2. The number of carbonyl (C=O) groups is 1. The van der Waals surface area contributed by atoms with Crippen LogP contribution < -0.4 is 4.72 Å². The third kappa shape index (κ3) is 3.91. The van der Waals surface area contributed by atoms with Gasteiger partial charge in [0, 0.05) is 5.69 Å². The van der Waals surface area contributed by atoms with Gasteiger partial charge < -0.3 is 5.11 Å². The highest BCUT2D eigenvalue weighted by Crippen LogP contribution is 2.23. The van der Waals surface area contributed by atoms with E-state index in [0.717, 1.165) is 30.2 Å². The van der Waals surface area contributed by atoms with E-state index in [4.69, 9.17) is 5.11 Å². The van der Waals surface area contributed by atoms with E-state index in [9.17, 15) is 17.6 Å². The van der Waals surface area contributed by atoms with Crippen molar-refractivity contribution < 1.29 is 22.7 Å². The van der Waals surface area contributed by atoms with Crippen LogP contribution in [-0.4, -0.2) is 19.5 Å². The first-order valence-corrected chi connectivity index (χ1v) is 8.88. The molecule has 7 heteroatoms. The molecule has 0 aromatic heterocycles. The first-order chi connectivity index (χ1) is 11.2. The van der Waals surface area contributed by atoms with Crippen LogP contribution in [-0.2, 0) is 10.0 Å². The van der Waals surface area contributed by atoms with Crippen LogP contribution in [0.25, 0.3) is 0 Å². The van der Waals surface area contributed by atoms with Gasteiger partial charge in [0.05, 0.1) is 10.5 Å². The third-order valence-electron chi connectivity index (χ3n) is 3.82. The minimum absolute atomic E-state index is 0.313. The van der Waals surface area contributed by atoms with Gasteiger partial charge in [0.1, 0.15) is 5.82 Å². The fraction of sp³-hybridized carbons (Fsp3) is 0.235. The second kappa shape index (κ2) is 7.00. The summed E-state index contributed by atoms with van der Waals surface area (Å²) in [5.41, 5.74) is 0.753. The van der Waals surface area contributed by atoms with E-state index in [1.807, 2.05) is 12.1 Å². The number of carboxylic acids is 1. The Bertz CT molecular complexity index is 847. The van der Waals surface area contributed by atoms with Crippen molar-refractivity contribution in [3.05, 3.63) is 59.4 Å². The van der Waals surface area contributed by atoms with Crippen molar-refractivity contribution in [2.75, 3.05) is 4.72 Å². The molecule has 0 saturated carbocycles. The molecule has 2 N–H and O–H groups in total. The van der Waals surface area contributed by atoms with E-state index < -0.39 is 27.4 Å². The molecule has 1 atom stereocenters. The van der Waals surface area contributed by atoms with Crippen molar-refractivity contribution >= 4 is 21.7 Å². The van der Waals surface area contributed by atoms with Gasteiger partial charge in [0.25, 0.3) is 10.0 Å². The van der Waals surface area contributed by atoms with Crippen molar-refractivity contribution in [3.8, 4) is 0 Å². The lowest BCUT2D eigenvalue weighted by Crippen LogP contribution is -2.14. The summed E-state index contributed by atoms with van der Waals surface area (Å²) in [7, 11) is -4.00. The maximum absolute atomic E-state index is 13.4. The lowest BCUT2D eigenvalue weighted by atomic mass is 9.99. The average Bonchev–Trinajstić information content (AvgIpc) is 2.54. The highest BCUT2D eigenvalue weighted by molar-refractivity contribution is 7.92. The van der Waals surface area contributed by atoms with Crippen LogP contribution in [0.5, 0.6) is 0 Å². The molecule has 0 unspecified atom stereocenters. The minimum Gasteiger partial charge on any atom is -0.478 e. The van der Waals surface area contributed by atoms with Crippen LogP contribution in [0.1, 0.15) is 42.1 Å². The van der Waals surface area contributed by atoms with Crippen LogP contribution in [0, 0.1) is 5.82 Å². The highest BCUT2D eigenvalue weighted by Gasteiger charge is 2.19. The molecule has 0 bridgehead atoms. The molecule has 2 aromatic rings. The summed E-state index contributed by atoms with van der Waals surface area (Å²) in [6, 6.07) is 9.59. The van der Waals surface area contributed by atoms with Gasteiger partial charge in [-0.15, -0.1) is 0 Å². The number of aromatic carboxylic acids is 1. The molecule has 0 heterocycles. The maximum Gasteiger partial charge on any atom is 0.338 e. The van der Waals surface area contributed by atoms with Crippen LogP contribution in [0.4, 0.5) is 10.1 Å². The molecule has 24 heavy (non-hydrogen) atoms. The predicted molar refractivity (Wildman–Crippen MR) is 89.3 cm³/mol. The molecule has 0 radical (unpaired) electrons. The Hall–Kier alpha value is -2.41. The van der Waals surface area contributed by atoms with Gasteiger partial charge in [-0.25, -0.2) is 17.6 Å². The summed E-state index contributed by atoms with van der Waals surface area (Å²) in [4.78, 5) is 10.6. The van der Waals surface area contributed by atoms with Crippen molar-refractivity contribution in [2.45, 2.75) is 31.1 Å². The van der Waals surface area contributed by atoms with E-state index in [1.54, 1.807) is 12.1 Å². The Morgan fingerprint density at radius 2 is 1.83 bits per heavy atom. The number of rotatable bonds is 6. The Balaban J connectivity index is 2.28. The summed E-state index contributed by atoms with van der Waals surface area (Å²) in [6.45, 7) is 4.14. The molecule has 5 nitrogen and oxygen atoms in total. The van der Waals surface area contributed by atoms with Crippen molar-refractivity contribution in [1.29, 1.82) is 0 Å². The summed E-state index contributed by atoms with van der Waals surface area (Å²) in [6.07, 6.45) is 0.971. The van der Waals surface area contributed by atoms with Crippen LogP contribution in [0.2, 0.25) is 0 Å². The van der Waals surface area contributed by atoms with Crippen LogP contribution >= 0.6 is 0 Å². The zero-order valence-electron chi connectivity index (χ0n) is 13.3. The largest absolute Gasteiger partial charge is 0.478 e. The monoisotopic (exact) mass is 351 g/mol. The molecule has 0 saturated heterocycles. The van der Waals surface area contributed by atoms with E-state index in [2.05, 4.69) is 18.6 Å². The first kappa shape index (κ1) is 17.9. The summed E-state index contributed by atoms with van der Waals surface area (Å²) < 4.78 is 40.4. The zero-order valence-corrected chi connectivity index (χ0v) is 14.1. The molecular formula is C17H18FNO4S. The smallest absolute Gasteiger partial charge is 0.338 e. The molecule has 0 spiro atoms. The molecular weight excluding hydrogens is 333 g/mol. The lowest BCUT2D eigenvalue weighted by Gasteiger charge is -2.12. The number of nitrogens with one attached hydrogen (secondary N) is 1. The van der Waals surface area contributed by atoms with Crippen molar-refractivity contribution in [3.63, 3.8) is 0 Å².